The quantitative estimate of drug-likeness (QED) is 0.715. The van der Waals surface area contributed by atoms with Crippen molar-refractivity contribution in [2.45, 2.75) is 26.4 Å². The van der Waals surface area contributed by atoms with Gasteiger partial charge in [0, 0.05) is 7.05 Å². The number of hydrogen-bond acceptors (Lipinski definition) is 4. The zero-order valence-corrected chi connectivity index (χ0v) is 11.4. The molecular formula is C13H18N2O4. The zero-order valence-electron chi connectivity index (χ0n) is 11.4. The van der Waals surface area contributed by atoms with E-state index in [0.29, 0.717) is 0 Å². The van der Waals surface area contributed by atoms with Crippen molar-refractivity contribution in [2.24, 2.45) is 0 Å². The van der Waals surface area contributed by atoms with E-state index in [4.69, 9.17) is 4.74 Å². The van der Waals surface area contributed by atoms with Gasteiger partial charge in [-0.25, -0.2) is 4.79 Å². The molecule has 1 aromatic carbocycles. The van der Waals surface area contributed by atoms with Crippen molar-refractivity contribution in [3.8, 4) is 5.75 Å². The van der Waals surface area contributed by atoms with Crippen molar-refractivity contribution in [2.75, 3.05) is 12.4 Å². The molecule has 1 aromatic rings. The van der Waals surface area contributed by atoms with Gasteiger partial charge in [0.15, 0.2) is 0 Å². The summed E-state index contributed by atoms with van der Waals surface area (Å²) in [5, 5.41) is 14.3. The smallest absolute Gasteiger partial charge is 0.412 e. The average molecular weight is 266 g/mol. The molecule has 1 rings (SSSR count). The first kappa shape index (κ1) is 14.8. The highest BCUT2D eigenvalue weighted by Gasteiger charge is 2.18. The molecule has 0 heterocycles. The summed E-state index contributed by atoms with van der Waals surface area (Å²) in [6.07, 6.45) is -0.664. The van der Waals surface area contributed by atoms with Gasteiger partial charge in [0.2, 0.25) is 0 Å². The number of hydrogen-bond donors (Lipinski definition) is 3. The summed E-state index contributed by atoms with van der Waals surface area (Å²) < 4.78 is 5.10. The second-order valence-electron chi connectivity index (χ2n) is 4.94. The molecule has 0 atom stereocenters. The zero-order chi connectivity index (χ0) is 14.6. The lowest BCUT2D eigenvalue weighted by Gasteiger charge is -2.20. The van der Waals surface area contributed by atoms with E-state index in [1.165, 1.54) is 25.2 Å². The standard InChI is InChI=1S/C13H18N2O4/c1-13(2,3)19-12(18)15-10-6-5-8(16)7-9(10)11(17)14-4/h5-7,16H,1-4H3,(H,14,17)(H,15,18). The first-order chi connectivity index (χ1) is 8.73. The van der Waals surface area contributed by atoms with E-state index in [9.17, 15) is 14.7 Å². The summed E-state index contributed by atoms with van der Waals surface area (Å²) in [4.78, 5) is 23.3. The number of benzene rings is 1. The predicted molar refractivity (Wildman–Crippen MR) is 71.4 cm³/mol. The normalized spacial score (nSPS) is 10.7. The Morgan fingerprint density at radius 3 is 2.42 bits per heavy atom. The molecule has 0 aromatic heterocycles. The maximum Gasteiger partial charge on any atom is 0.412 e. The Morgan fingerprint density at radius 2 is 1.89 bits per heavy atom. The molecule has 6 nitrogen and oxygen atoms in total. The summed E-state index contributed by atoms with van der Waals surface area (Å²) in [5.41, 5.74) is -0.200. The molecule has 0 bridgehead atoms. The number of nitrogens with one attached hydrogen (secondary N) is 2. The van der Waals surface area contributed by atoms with Gasteiger partial charge in [-0.1, -0.05) is 0 Å². The number of carbonyl (C=O) groups is 2. The fourth-order valence-corrected chi connectivity index (χ4v) is 1.38. The summed E-state index contributed by atoms with van der Waals surface area (Å²) in [6, 6.07) is 4.08. The van der Waals surface area contributed by atoms with Crippen molar-refractivity contribution in [3.05, 3.63) is 23.8 Å². The van der Waals surface area contributed by atoms with Crippen LogP contribution in [0.2, 0.25) is 0 Å². The maximum absolute atomic E-state index is 11.6. The number of amides is 2. The SMILES string of the molecule is CNC(=O)c1cc(O)ccc1NC(=O)OC(C)(C)C. The van der Waals surface area contributed by atoms with Crippen LogP contribution < -0.4 is 10.6 Å². The second-order valence-corrected chi connectivity index (χ2v) is 4.94. The molecule has 104 valence electrons. The van der Waals surface area contributed by atoms with Crippen LogP contribution in [-0.4, -0.2) is 29.8 Å². The van der Waals surface area contributed by atoms with Gasteiger partial charge in [0.05, 0.1) is 11.3 Å². The van der Waals surface area contributed by atoms with Crippen LogP contribution in [0.1, 0.15) is 31.1 Å². The van der Waals surface area contributed by atoms with Gasteiger partial charge < -0.3 is 15.2 Å². The van der Waals surface area contributed by atoms with E-state index in [-0.39, 0.29) is 17.0 Å². The summed E-state index contributed by atoms with van der Waals surface area (Å²) >= 11 is 0. The Labute approximate surface area is 111 Å². The van der Waals surface area contributed by atoms with Crippen LogP contribution in [-0.2, 0) is 4.74 Å². The first-order valence-electron chi connectivity index (χ1n) is 5.78. The maximum atomic E-state index is 11.6. The number of phenols is 1. The van der Waals surface area contributed by atoms with Crippen LogP contribution in [0.15, 0.2) is 18.2 Å². The van der Waals surface area contributed by atoms with E-state index < -0.39 is 17.6 Å². The molecule has 0 saturated heterocycles. The van der Waals surface area contributed by atoms with Crippen molar-refractivity contribution in [3.63, 3.8) is 0 Å². The third-order valence-electron chi connectivity index (χ3n) is 2.11. The molecule has 0 aliphatic rings. The number of ether oxygens (including phenoxy) is 1. The van der Waals surface area contributed by atoms with Gasteiger partial charge in [-0.05, 0) is 39.0 Å². The largest absolute Gasteiger partial charge is 0.508 e. The Bertz CT molecular complexity index is 492. The third-order valence-corrected chi connectivity index (χ3v) is 2.11. The van der Waals surface area contributed by atoms with Gasteiger partial charge in [-0.2, -0.15) is 0 Å². The lowest BCUT2D eigenvalue weighted by molar-refractivity contribution is 0.0636. The molecule has 0 fully saturated rings. The van der Waals surface area contributed by atoms with Gasteiger partial charge in [0.25, 0.3) is 5.91 Å². The minimum atomic E-state index is -0.664. The number of anilines is 1. The van der Waals surface area contributed by atoms with Crippen LogP contribution in [0.4, 0.5) is 10.5 Å². The third kappa shape index (κ3) is 4.50. The Kier molecular flexibility index (Phi) is 4.37. The molecule has 0 unspecified atom stereocenters. The molecule has 0 spiro atoms. The Hall–Kier alpha value is -2.24. The van der Waals surface area contributed by atoms with Crippen LogP contribution in [0.25, 0.3) is 0 Å². The fourth-order valence-electron chi connectivity index (χ4n) is 1.38. The van der Waals surface area contributed by atoms with E-state index in [1.54, 1.807) is 20.8 Å². The van der Waals surface area contributed by atoms with Crippen LogP contribution >= 0.6 is 0 Å². The van der Waals surface area contributed by atoms with Crippen LogP contribution in [0, 0.1) is 0 Å². The Morgan fingerprint density at radius 1 is 1.26 bits per heavy atom. The highest BCUT2D eigenvalue weighted by atomic mass is 16.6. The summed E-state index contributed by atoms with van der Waals surface area (Å²) in [5.74, 6) is -0.477. The summed E-state index contributed by atoms with van der Waals surface area (Å²) in [7, 11) is 1.46. The number of phenolic OH excluding ortho intramolecular Hbond substituents is 1. The van der Waals surface area contributed by atoms with Gasteiger partial charge >= 0.3 is 6.09 Å². The minimum absolute atomic E-state index is 0.0617. The van der Waals surface area contributed by atoms with Gasteiger partial charge in [-0.15, -0.1) is 0 Å². The molecule has 19 heavy (non-hydrogen) atoms. The second kappa shape index (κ2) is 5.60. The Balaban J connectivity index is 2.95. The first-order valence-corrected chi connectivity index (χ1v) is 5.78. The molecule has 0 radical (unpaired) electrons. The molecular weight excluding hydrogens is 248 g/mol. The lowest BCUT2D eigenvalue weighted by atomic mass is 10.1. The van der Waals surface area contributed by atoms with Crippen molar-refractivity contribution in [1.29, 1.82) is 0 Å². The molecule has 2 amide bonds. The van der Waals surface area contributed by atoms with Crippen molar-refractivity contribution >= 4 is 17.7 Å². The van der Waals surface area contributed by atoms with E-state index >= 15 is 0 Å². The average Bonchev–Trinajstić information content (AvgIpc) is 2.28. The van der Waals surface area contributed by atoms with Gasteiger partial charge in [-0.3, -0.25) is 10.1 Å². The number of carbonyl (C=O) groups excluding carboxylic acids is 2. The highest BCUT2D eigenvalue weighted by Crippen LogP contribution is 2.22. The molecule has 6 heteroatoms. The van der Waals surface area contributed by atoms with E-state index in [1.807, 2.05) is 0 Å². The summed E-state index contributed by atoms with van der Waals surface area (Å²) in [6.45, 7) is 5.22. The monoisotopic (exact) mass is 266 g/mol. The van der Waals surface area contributed by atoms with Crippen molar-refractivity contribution in [1.82, 2.24) is 5.32 Å². The van der Waals surface area contributed by atoms with Gasteiger partial charge in [0.1, 0.15) is 11.4 Å². The van der Waals surface area contributed by atoms with E-state index in [2.05, 4.69) is 10.6 Å². The molecule has 3 N–H and O–H groups in total. The minimum Gasteiger partial charge on any atom is -0.508 e. The predicted octanol–water partition coefficient (Wildman–Crippen LogP) is 2.10. The number of aromatic hydroxyl groups is 1. The molecule has 0 aliphatic carbocycles. The number of rotatable bonds is 2. The van der Waals surface area contributed by atoms with Crippen molar-refractivity contribution < 1.29 is 19.4 Å². The molecule has 0 aliphatic heterocycles. The lowest BCUT2D eigenvalue weighted by Crippen LogP contribution is -2.28. The van der Waals surface area contributed by atoms with Crippen LogP contribution in [0.5, 0.6) is 5.75 Å². The van der Waals surface area contributed by atoms with E-state index in [0.717, 1.165) is 0 Å². The highest BCUT2D eigenvalue weighted by molar-refractivity contribution is 6.02. The molecule has 0 saturated carbocycles. The van der Waals surface area contributed by atoms with Crippen LogP contribution in [0.3, 0.4) is 0 Å². The topological polar surface area (TPSA) is 87.7 Å². The fraction of sp³-hybridized carbons (Fsp3) is 0.385.